The van der Waals surface area contributed by atoms with Gasteiger partial charge in [0.15, 0.2) is 0 Å². The lowest BCUT2D eigenvalue weighted by molar-refractivity contribution is -0.104. The minimum absolute atomic E-state index is 0.0378. The molecule has 72 valence electrons. The van der Waals surface area contributed by atoms with Crippen LogP contribution in [0.1, 0.15) is 34.6 Å². The topological polar surface area (TPSA) is 17.1 Å². The van der Waals surface area contributed by atoms with Gasteiger partial charge in [-0.1, -0.05) is 20.8 Å². The van der Waals surface area contributed by atoms with E-state index in [0.717, 1.165) is 17.4 Å². The number of hydrogen-bond donors (Lipinski definition) is 0. The molecule has 0 radical (unpaired) electrons. The minimum atomic E-state index is 0.0378. The van der Waals surface area contributed by atoms with E-state index >= 15 is 0 Å². The van der Waals surface area contributed by atoms with E-state index in [0.29, 0.717) is 0 Å². The number of carbonyl (C=O) groups is 1. The quantitative estimate of drug-likeness (QED) is 0.274. The van der Waals surface area contributed by atoms with Crippen molar-refractivity contribution in [2.45, 2.75) is 34.6 Å². The van der Waals surface area contributed by atoms with Gasteiger partial charge < -0.3 is 0 Å². The Bertz CT molecular complexity index is 268. The second kappa shape index (κ2) is 4.84. The summed E-state index contributed by atoms with van der Waals surface area (Å²) in [5.74, 6) is 0. The molecule has 0 saturated carbocycles. The van der Waals surface area contributed by atoms with Crippen LogP contribution in [-0.2, 0) is 4.79 Å². The minimum Gasteiger partial charge on any atom is -0.299 e. The van der Waals surface area contributed by atoms with Crippen LogP contribution >= 0.6 is 0 Å². The van der Waals surface area contributed by atoms with Crippen molar-refractivity contribution in [2.24, 2.45) is 5.41 Å². The Kier molecular flexibility index (Phi) is 4.44. The molecule has 0 fully saturated rings. The third-order valence-electron chi connectivity index (χ3n) is 1.75. The maximum Gasteiger partial charge on any atom is 0.143 e. The van der Waals surface area contributed by atoms with Crippen LogP contribution in [0.2, 0.25) is 0 Å². The first-order chi connectivity index (χ1) is 5.93. The third kappa shape index (κ3) is 3.91. The Morgan fingerprint density at radius 1 is 1.31 bits per heavy atom. The van der Waals surface area contributed by atoms with Gasteiger partial charge in [0, 0.05) is 5.57 Å². The first-order valence-electron chi connectivity index (χ1n) is 4.47. The van der Waals surface area contributed by atoms with Crippen molar-refractivity contribution in [1.29, 1.82) is 0 Å². The molecule has 0 unspecified atom stereocenters. The Balaban J connectivity index is 5.20. The highest BCUT2D eigenvalue weighted by atomic mass is 16.1. The SMILES string of the molecule is CC=C=C(/C(C)=C\C=O)C(C)(C)C. The van der Waals surface area contributed by atoms with Gasteiger partial charge in [-0.3, -0.25) is 4.79 Å². The second-order valence-corrected chi connectivity index (χ2v) is 4.04. The number of carbonyl (C=O) groups excluding carboxylic acids is 1. The Hall–Kier alpha value is -1.07. The summed E-state index contributed by atoms with van der Waals surface area (Å²) in [4.78, 5) is 10.3. The van der Waals surface area contributed by atoms with Gasteiger partial charge in [0.2, 0.25) is 0 Å². The molecule has 0 atom stereocenters. The van der Waals surface area contributed by atoms with Crippen molar-refractivity contribution in [1.82, 2.24) is 0 Å². The average molecular weight is 178 g/mol. The summed E-state index contributed by atoms with van der Waals surface area (Å²) >= 11 is 0. The van der Waals surface area contributed by atoms with Gasteiger partial charge in [-0.05, 0) is 37.0 Å². The van der Waals surface area contributed by atoms with Crippen molar-refractivity contribution in [3.63, 3.8) is 0 Å². The highest BCUT2D eigenvalue weighted by Gasteiger charge is 2.17. The monoisotopic (exact) mass is 178 g/mol. The lowest BCUT2D eigenvalue weighted by Crippen LogP contribution is -2.09. The Morgan fingerprint density at radius 3 is 2.15 bits per heavy atom. The van der Waals surface area contributed by atoms with Crippen LogP contribution in [-0.4, -0.2) is 6.29 Å². The molecule has 0 heterocycles. The van der Waals surface area contributed by atoms with Gasteiger partial charge in [0.05, 0.1) is 0 Å². The van der Waals surface area contributed by atoms with Crippen LogP contribution in [0.5, 0.6) is 0 Å². The van der Waals surface area contributed by atoms with Crippen LogP contribution in [0.25, 0.3) is 0 Å². The Morgan fingerprint density at radius 2 is 1.85 bits per heavy atom. The molecule has 0 aliphatic carbocycles. The zero-order valence-corrected chi connectivity index (χ0v) is 9.14. The van der Waals surface area contributed by atoms with Crippen molar-refractivity contribution in [2.75, 3.05) is 0 Å². The van der Waals surface area contributed by atoms with E-state index in [1.807, 2.05) is 19.9 Å². The molecule has 0 aromatic rings. The Labute approximate surface area is 80.8 Å². The molecule has 13 heavy (non-hydrogen) atoms. The first-order valence-corrected chi connectivity index (χ1v) is 4.47. The molecule has 0 amide bonds. The predicted molar refractivity (Wildman–Crippen MR) is 56.5 cm³/mol. The normalized spacial score (nSPS) is 11.9. The van der Waals surface area contributed by atoms with E-state index in [1.165, 1.54) is 0 Å². The maximum absolute atomic E-state index is 10.3. The average Bonchev–Trinajstić information content (AvgIpc) is 1.98. The molecule has 0 N–H and O–H groups in total. The fourth-order valence-corrected chi connectivity index (χ4v) is 1.25. The largest absolute Gasteiger partial charge is 0.299 e. The lowest BCUT2D eigenvalue weighted by Gasteiger charge is -2.21. The zero-order valence-electron chi connectivity index (χ0n) is 9.14. The molecular weight excluding hydrogens is 160 g/mol. The van der Waals surface area contributed by atoms with Gasteiger partial charge in [0.1, 0.15) is 6.29 Å². The van der Waals surface area contributed by atoms with Gasteiger partial charge in [-0.2, -0.15) is 0 Å². The van der Waals surface area contributed by atoms with Gasteiger partial charge in [-0.15, -0.1) is 5.73 Å². The summed E-state index contributed by atoms with van der Waals surface area (Å²) < 4.78 is 0. The van der Waals surface area contributed by atoms with E-state index in [9.17, 15) is 4.79 Å². The van der Waals surface area contributed by atoms with Crippen LogP contribution in [0.15, 0.2) is 29.0 Å². The van der Waals surface area contributed by atoms with Crippen LogP contribution in [0.3, 0.4) is 0 Å². The molecule has 0 aromatic heterocycles. The summed E-state index contributed by atoms with van der Waals surface area (Å²) in [7, 11) is 0. The molecule has 0 aliphatic heterocycles. The van der Waals surface area contributed by atoms with Crippen molar-refractivity contribution < 1.29 is 4.79 Å². The molecule has 0 rings (SSSR count). The van der Waals surface area contributed by atoms with E-state index in [2.05, 4.69) is 26.5 Å². The third-order valence-corrected chi connectivity index (χ3v) is 1.75. The molecule has 0 aliphatic rings. The summed E-state index contributed by atoms with van der Waals surface area (Å²) in [6, 6.07) is 0. The van der Waals surface area contributed by atoms with E-state index < -0.39 is 0 Å². The molecule has 1 nitrogen and oxygen atoms in total. The van der Waals surface area contributed by atoms with Crippen molar-refractivity contribution in [3.05, 3.63) is 29.0 Å². The van der Waals surface area contributed by atoms with Gasteiger partial charge in [-0.25, -0.2) is 0 Å². The fraction of sp³-hybridized carbons (Fsp3) is 0.500. The zero-order chi connectivity index (χ0) is 10.5. The van der Waals surface area contributed by atoms with E-state index in [4.69, 9.17) is 0 Å². The molecular formula is C12H18O. The first kappa shape index (κ1) is 11.9. The summed E-state index contributed by atoms with van der Waals surface area (Å²) in [5, 5.41) is 0. The highest BCUT2D eigenvalue weighted by Crippen LogP contribution is 2.29. The van der Waals surface area contributed by atoms with Crippen molar-refractivity contribution >= 4 is 6.29 Å². The molecule has 0 aromatic carbocycles. The smallest absolute Gasteiger partial charge is 0.143 e. The van der Waals surface area contributed by atoms with E-state index in [-0.39, 0.29) is 5.41 Å². The number of aldehydes is 1. The lowest BCUT2D eigenvalue weighted by atomic mass is 9.83. The molecule has 0 bridgehead atoms. The summed E-state index contributed by atoms with van der Waals surface area (Å²) in [6.07, 6.45) is 4.28. The standard InChI is InChI=1S/C12H18O/c1-6-7-11(12(3,4)5)10(2)8-9-13/h6,8-9H,1-5H3/b10-8-. The number of hydrogen-bond acceptors (Lipinski definition) is 1. The number of rotatable bonds is 2. The summed E-state index contributed by atoms with van der Waals surface area (Å²) in [5.41, 5.74) is 5.28. The molecule has 1 heteroatoms. The predicted octanol–water partition coefficient (Wildman–Crippen LogP) is 3.28. The second-order valence-electron chi connectivity index (χ2n) is 4.04. The fourth-order valence-electron chi connectivity index (χ4n) is 1.25. The maximum atomic E-state index is 10.3. The van der Waals surface area contributed by atoms with Gasteiger partial charge in [0.25, 0.3) is 0 Å². The molecule has 0 spiro atoms. The molecule has 0 saturated heterocycles. The van der Waals surface area contributed by atoms with Gasteiger partial charge >= 0.3 is 0 Å². The van der Waals surface area contributed by atoms with Crippen molar-refractivity contribution in [3.8, 4) is 0 Å². The van der Waals surface area contributed by atoms with Crippen LogP contribution in [0, 0.1) is 5.41 Å². The highest BCUT2D eigenvalue weighted by molar-refractivity contribution is 5.68. The summed E-state index contributed by atoms with van der Waals surface area (Å²) in [6.45, 7) is 10.2. The van der Waals surface area contributed by atoms with E-state index in [1.54, 1.807) is 6.08 Å². The number of allylic oxidation sites excluding steroid dienone is 3. The van der Waals surface area contributed by atoms with Crippen LogP contribution < -0.4 is 0 Å². The van der Waals surface area contributed by atoms with Crippen LogP contribution in [0.4, 0.5) is 0 Å².